The molecule has 2 unspecified atom stereocenters. The van der Waals surface area contributed by atoms with Gasteiger partial charge >= 0.3 is 0 Å². The number of hydrogen-bond donors (Lipinski definition) is 1. The second-order valence-corrected chi connectivity index (χ2v) is 6.33. The highest BCUT2D eigenvalue weighted by Crippen LogP contribution is 2.37. The average Bonchev–Trinajstić information content (AvgIpc) is 2.80. The Morgan fingerprint density at radius 1 is 1.14 bits per heavy atom. The number of carbonyl (C=O) groups is 3. The van der Waals surface area contributed by atoms with Crippen LogP contribution in [0.4, 0.5) is 0 Å². The number of fused-ring (bicyclic) bond motifs is 1. The van der Waals surface area contributed by atoms with Crippen LogP contribution in [0.2, 0.25) is 0 Å². The number of imide groups is 1. The van der Waals surface area contributed by atoms with Gasteiger partial charge in [0.25, 0.3) is 0 Å². The number of carbonyl (C=O) groups excluding carboxylic acids is 3. The molecule has 2 heterocycles. The third kappa shape index (κ3) is 2.60. The molecule has 1 saturated carbocycles. The van der Waals surface area contributed by atoms with E-state index < -0.39 is 5.92 Å². The van der Waals surface area contributed by atoms with Crippen LogP contribution in [0, 0.1) is 11.8 Å². The molecule has 0 aromatic rings. The molecule has 2 saturated heterocycles. The lowest BCUT2D eigenvalue weighted by Gasteiger charge is -2.28. The molecule has 3 fully saturated rings. The number of likely N-dealkylation sites (tertiary alicyclic amines) is 2. The van der Waals surface area contributed by atoms with Crippen molar-refractivity contribution in [2.24, 2.45) is 17.0 Å². The van der Waals surface area contributed by atoms with Crippen LogP contribution in [0.1, 0.15) is 38.5 Å². The minimum absolute atomic E-state index is 0.143. The molecule has 0 spiro atoms. The summed E-state index contributed by atoms with van der Waals surface area (Å²) in [4.78, 5) is 40.0. The first-order valence-electron chi connectivity index (χ1n) is 7.94. The molecule has 0 aromatic carbocycles. The summed E-state index contributed by atoms with van der Waals surface area (Å²) in [6.45, 7) is 1.28. The van der Waals surface area contributed by atoms with Crippen molar-refractivity contribution in [1.29, 1.82) is 0 Å². The predicted molar refractivity (Wildman–Crippen MR) is 77.2 cm³/mol. The summed E-state index contributed by atoms with van der Waals surface area (Å²) in [7, 11) is 0. The number of piperidine rings is 1. The molecule has 1 aliphatic carbocycles. The van der Waals surface area contributed by atoms with Crippen LogP contribution in [0.5, 0.6) is 0 Å². The van der Waals surface area contributed by atoms with Crippen molar-refractivity contribution in [1.82, 2.24) is 9.80 Å². The molecular weight excluding hydrogens is 286 g/mol. The van der Waals surface area contributed by atoms with Gasteiger partial charge in [0.05, 0.1) is 17.5 Å². The van der Waals surface area contributed by atoms with Crippen LogP contribution in [0.15, 0.2) is 5.16 Å². The maximum absolute atomic E-state index is 12.4. The summed E-state index contributed by atoms with van der Waals surface area (Å²) < 4.78 is 0. The van der Waals surface area contributed by atoms with E-state index in [0.717, 1.165) is 24.2 Å². The largest absolute Gasteiger partial charge is 0.411 e. The van der Waals surface area contributed by atoms with Gasteiger partial charge in [0, 0.05) is 19.5 Å². The van der Waals surface area contributed by atoms with E-state index in [1.54, 1.807) is 4.90 Å². The van der Waals surface area contributed by atoms with E-state index in [2.05, 4.69) is 5.16 Å². The van der Waals surface area contributed by atoms with Crippen LogP contribution >= 0.6 is 0 Å². The molecule has 7 heteroatoms. The van der Waals surface area contributed by atoms with Crippen molar-refractivity contribution >= 4 is 23.4 Å². The molecule has 2 aliphatic heterocycles. The van der Waals surface area contributed by atoms with Crippen LogP contribution in [-0.4, -0.2) is 58.1 Å². The van der Waals surface area contributed by atoms with E-state index in [1.807, 2.05) is 0 Å². The van der Waals surface area contributed by atoms with E-state index in [4.69, 9.17) is 5.21 Å². The fourth-order valence-electron chi connectivity index (χ4n) is 3.71. The highest BCUT2D eigenvalue weighted by Gasteiger charge is 2.50. The smallest absolute Gasteiger partial charge is 0.242 e. The van der Waals surface area contributed by atoms with E-state index in [0.29, 0.717) is 38.1 Å². The number of nitrogens with zero attached hydrogens (tertiary/aromatic N) is 3. The number of hydrogen-bond acceptors (Lipinski definition) is 5. The molecule has 3 amide bonds. The monoisotopic (exact) mass is 307 g/mol. The maximum Gasteiger partial charge on any atom is 0.242 e. The Hall–Kier alpha value is -1.92. The standard InChI is InChI=1S/C15H21N3O4/c19-13(17-6-2-1-3-7-17)9-18-14(20)11-5-4-10(16-22)8-12(11)15(18)21/h11-12,22H,1-9H2/b16-10-. The van der Waals surface area contributed by atoms with Gasteiger partial charge in [0.2, 0.25) is 17.7 Å². The van der Waals surface area contributed by atoms with Crippen LogP contribution in [0.25, 0.3) is 0 Å². The van der Waals surface area contributed by atoms with Gasteiger partial charge in [0.1, 0.15) is 6.54 Å². The highest BCUT2D eigenvalue weighted by molar-refractivity contribution is 6.09. The van der Waals surface area contributed by atoms with E-state index in [9.17, 15) is 14.4 Å². The third-order valence-corrected chi connectivity index (χ3v) is 5.00. The molecule has 1 N–H and O–H groups in total. The fourth-order valence-corrected chi connectivity index (χ4v) is 3.71. The summed E-state index contributed by atoms with van der Waals surface area (Å²) in [6, 6.07) is 0. The van der Waals surface area contributed by atoms with Crippen molar-refractivity contribution in [3.05, 3.63) is 0 Å². The van der Waals surface area contributed by atoms with Crippen molar-refractivity contribution < 1.29 is 19.6 Å². The summed E-state index contributed by atoms with van der Waals surface area (Å²) >= 11 is 0. The Bertz CT molecular complexity index is 525. The molecule has 0 radical (unpaired) electrons. The summed E-state index contributed by atoms with van der Waals surface area (Å²) in [5.74, 6) is -1.48. The quantitative estimate of drug-likeness (QED) is 0.460. The summed E-state index contributed by atoms with van der Waals surface area (Å²) in [6.07, 6.45) is 4.46. The minimum Gasteiger partial charge on any atom is -0.411 e. The Balaban J connectivity index is 1.68. The van der Waals surface area contributed by atoms with Gasteiger partial charge in [-0.15, -0.1) is 0 Å². The molecule has 3 rings (SSSR count). The van der Waals surface area contributed by atoms with Crippen LogP contribution in [-0.2, 0) is 14.4 Å². The number of amides is 3. The van der Waals surface area contributed by atoms with Crippen molar-refractivity contribution in [3.8, 4) is 0 Å². The molecule has 22 heavy (non-hydrogen) atoms. The normalized spacial score (nSPS) is 30.8. The lowest BCUT2D eigenvalue weighted by molar-refractivity contribution is -0.146. The molecular formula is C15H21N3O4. The van der Waals surface area contributed by atoms with E-state index >= 15 is 0 Å². The van der Waals surface area contributed by atoms with Gasteiger partial charge in [-0.2, -0.15) is 0 Å². The van der Waals surface area contributed by atoms with Gasteiger partial charge in [-0.1, -0.05) is 5.16 Å². The first kappa shape index (κ1) is 15.0. The molecule has 120 valence electrons. The maximum atomic E-state index is 12.4. The lowest BCUT2D eigenvalue weighted by atomic mass is 9.80. The lowest BCUT2D eigenvalue weighted by Crippen LogP contribution is -2.44. The van der Waals surface area contributed by atoms with Gasteiger partial charge in [-0.3, -0.25) is 19.3 Å². The predicted octanol–water partition coefficient (Wildman–Crippen LogP) is 0.614. The molecule has 0 aromatic heterocycles. The molecule has 0 bridgehead atoms. The zero-order valence-electron chi connectivity index (χ0n) is 12.5. The Labute approximate surface area is 128 Å². The molecule has 2 atom stereocenters. The Kier molecular flexibility index (Phi) is 4.13. The topological polar surface area (TPSA) is 90.3 Å². The van der Waals surface area contributed by atoms with Gasteiger partial charge in [-0.05, 0) is 32.1 Å². The number of oxime groups is 1. The van der Waals surface area contributed by atoms with Crippen molar-refractivity contribution in [2.45, 2.75) is 38.5 Å². The second kappa shape index (κ2) is 6.06. The van der Waals surface area contributed by atoms with Gasteiger partial charge in [0.15, 0.2) is 0 Å². The SMILES string of the molecule is O=C(CN1C(=O)C2CC/C(=N/O)CC2C1=O)N1CCCCC1. The second-order valence-electron chi connectivity index (χ2n) is 6.33. The first-order chi connectivity index (χ1) is 10.6. The van der Waals surface area contributed by atoms with E-state index in [1.165, 1.54) is 0 Å². The average molecular weight is 307 g/mol. The fraction of sp³-hybridized carbons (Fsp3) is 0.733. The van der Waals surface area contributed by atoms with Crippen LogP contribution in [0.3, 0.4) is 0 Å². The summed E-state index contributed by atoms with van der Waals surface area (Å²) in [5, 5.41) is 12.0. The van der Waals surface area contributed by atoms with Gasteiger partial charge in [-0.25, -0.2) is 0 Å². The summed E-state index contributed by atoms with van der Waals surface area (Å²) in [5.41, 5.74) is 0.562. The van der Waals surface area contributed by atoms with Crippen molar-refractivity contribution in [2.75, 3.05) is 19.6 Å². The minimum atomic E-state index is -0.457. The van der Waals surface area contributed by atoms with E-state index in [-0.39, 0.29) is 30.2 Å². The first-order valence-corrected chi connectivity index (χ1v) is 7.94. The Morgan fingerprint density at radius 2 is 1.82 bits per heavy atom. The third-order valence-electron chi connectivity index (χ3n) is 5.00. The zero-order chi connectivity index (χ0) is 15.7. The molecule has 3 aliphatic rings. The van der Waals surface area contributed by atoms with Gasteiger partial charge < -0.3 is 10.1 Å². The molecule has 7 nitrogen and oxygen atoms in total. The number of rotatable bonds is 2. The van der Waals surface area contributed by atoms with Crippen molar-refractivity contribution in [3.63, 3.8) is 0 Å². The highest BCUT2D eigenvalue weighted by atomic mass is 16.4. The van der Waals surface area contributed by atoms with Crippen LogP contribution < -0.4 is 0 Å². The Morgan fingerprint density at radius 3 is 2.50 bits per heavy atom. The zero-order valence-corrected chi connectivity index (χ0v) is 12.5.